The van der Waals surface area contributed by atoms with Gasteiger partial charge in [-0.1, -0.05) is 12.1 Å². The number of para-hydroxylation sites is 1. The summed E-state index contributed by atoms with van der Waals surface area (Å²) in [6, 6.07) is 5.51. The number of carbonyl (C=O) groups excluding carboxylic acids is 1. The van der Waals surface area contributed by atoms with Crippen molar-refractivity contribution < 1.29 is 22.3 Å². The number of nitrogens with one attached hydrogen (secondary N) is 1. The molecule has 1 aromatic heterocycles. The predicted octanol–water partition coefficient (Wildman–Crippen LogP) is -2.65. The standard InChI is InChI=1S/C15H17N3O3.ClH/c16-6-7-17-14(20)11-13(19)10-5-1-3-9-4-2-8-18(12(9)10)15(11)21;/h1,3,5,19H,2,4,6-8,16H2,(H,17,20);1H/p-1. The van der Waals surface area contributed by atoms with E-state index in [0.717, 1.165) is 23.9 Å². The zero-order valence-corrected chi connectivity index (χ0v) is 12.7. The lowest BCUT2D eigenvalue weighted by molar-refractivity contribution is -0.0000141. The number of nitrogens with two attached hydrogens (primary N) is 1. The summed E-state index contributed by atoms with van der Waals surface area (Å²) in [6.45, 7) is 1.10. The van der Waals surface area contributed by atoms with Crippen molar-refractivity contribution in [1.82, 2.24) is 9.88 Å². The van der Waals surface area contributed by atoms with E-state index in [-0.39, 0.29) is 36.8 Å². The molecule has 6 nitrogen and oxygen atoms in total. The van der Waals surface area contributed by atoms with E-state index in [0.29, 0.717) is 11.9 Å². The van der Waals surface area contributed by atoms with Gasteiger partial charge in [0, 0.05) is 25.0 Å². The summed E-state index contributed by atoms with van der Waals surface area (Å²) in [7, 11) is 0. The summed E-state index contributed by atoms with van der Waals surface area (Å²) < 4.78 is 1.59. The van der Waals surface area contributed by atoms with Crippen LogP contribution in [0.5, 0.6) is 5.75 Å². The van der Waals surface area contributed by atoms with Crippen molar-refractivity contribution in [3.05, 3.63) is 39.7 Å². The highest BCUT2D eigenvalue weighted by Gasteiger charge is 2.24. The summed E-state index contributed by atoms with van der Waals surface area (Å²) in [5.74, 6) is -0.825. The molecule has 0 aliphatic carbocycles. The summed E-state index contributed by atoms with van der Waals surface area (Å²) in [5.41, 5.74) is 6.47. The van der Waals surface area contributed by atoms with E-state index in [1.54, 1.807) is 10.6 Å². The number of pyridine rings is 1. The SMILES string of the molecule is NCCNC(=O)c1c(O)c2cccc3c2n(c1=O)CCC3.[Cl-]. The maximum Gasteiger partial charge on any atom is 0.267 e. The van der Waals surface area contributed by atoms with Gasteiger partial charge >= 0.3 is 0 Å². The van der Waals surface area contributed by atoms with Crippen molar-refractivity contribution in [3.8, 4) is 5.75 Å². The van der Waals surface area contributed by atoms with E-state index in [4.69, 9.17) is 5.73 Å². The second-order valence-corrected chi connectivity index (χ2v) is 5.14. The Bertz CT molecular complexity index is 786. The molecule has 2 heterocycles. The maximum atomic E-state index is 12.5. The third-order valence-electron chi connectivity index (χ3n) is 3.83. The molecular formula is C15H17ClN3O3-. The van der Waals surface area contributed by atoms with Gasteiger partial charge in [-0.25, -0.2) is 0 Å². The summed E-state index contributed by atoms with van der Waals surface area (Å²) >= 11 is 0. The zero-order chi connectivity index (χ0) is 15.0. The molecule has 22 heavy (non-hydrogen) atoms. The van der Waals surface area contributed by atoms with Crippen molar-refractivity contribution in [1.29, 1.82) is 0 Å². The first-order chi connectivity index (χ1) is 10.1. The van der Waals surface area contributed by atoms with Crippen LogP contribution in [0, 0.1) is 0 Å². The molecule has 1 amide bonds. The van der Waals surface area contributed by atoms with Crippen LogP contribution in [0.15, 0.2) is 23.0 Å². The molecule has 0 saturated heterocycles. The third-order valence-corrected chi connectivity index (χ3v) is 3.83. The lowest BCUT2D eigenvalue weighted by Gasteiger charge is -2.21. The fourth-order valence-electron chi connectivity index (χ4n) is 2.90. The molecule has 1 aliphatic rings. The van der Waals surface area contributed by atoms with Gasteiger partial charge in [0.15, 0.2) is 0 Å². The molecule has 0 radical (unpaired) electrons. The van der Waals surface area contributed by atoms with Gasteiger partial charge in [-0.15, -0.1) is 0 Å². The minimum atomic E-state index is -0.579. The first-order valence-corrected chi connectivity index (χ1v) is 7.00. The molecule has 0 unspecified atom stereocenters. The number of hydrogen-bond acceptors (Lipinski definition) is 4. The Labute approximate surface area is 133 Å². The molecule has 1 aromatic carbocycles. The molecule has 0 bridgehead atoms. The number of hydrogen-bond donors (Lipinski definition) is 3. The number of aromatic hydroxyl groups is 1. The van der Waals surface area contributed by atoms with Gasteiger partial charge < -0.3 is 33.1 Å². The lowest BCUT2D eigenvalue weighted by atomic mass is 9.99. The van der Waals surface area contributed by atoms with Crippen LogP contribution in [-0.4, -0.2) is 28.7 Å². The summed E-state index contributed by atoms with van der Waals surface area (Å²) in [4.78, 5) is 24.7. The predicted molar refractivity (Wildman–Crippen MR) is 79.6 cm³/mol. The fraction of sp³-hybridized carbons (Fsp3) is 0.333. The molecule has 0 saturated carbocycles. The lowest BCUT2D eigenvalue weighted by Crippen LogP contribution is -3.00. The second-order valence-electron chi connectivity index (χ2n) is 5.14. The van der Waals surface area contributed by atoms with Gasteiger partial charge in [0.05, 0.1) is 5.52 Å². The average molecular weight is 323 g/mol. The topological polar surface area (TPSA) is 97.3 Å². The van der Waals surface area contributed by atoms with Crippen molar-refractivity contribution in [2.75, 3.05) is 13.1 Å². The highest BCUT2D eigenvalue weighted by molar-refractivity contribution is 6.02. The summed E-state index contributed by atoms with van der Waals surface area (Å²) in [6.07, 6.45) is 1.72. The normalized spacial score (nSPS) is 12.8. The maximum absolute atomic E-state index is 12.5. The number of nitrogens with zero attached hydrogens (tertiary/aromatic N) is 1. The number of benzene rings is 1. The average Bonchev–Trinajstić information content (AvgIpc) is 2.50. The molecule has 118 valence electrons. The quantitative estimate of drug-likeness (QED) is 0.575. The minimum absolute atomic E-state index is 0. The smallest absolute Gasteiger partial charge is 0.267 e. The number of carbonyl (C=O) groups is 1. The van der Waals surface area contributed by atoms with Crippen LogP contribution < -0.4 is 29.0 Å². The van der Waals surface area contributed by atoms with Crippen LogP contribution in [0.3, 0.4) is 0 Å². The van der Waals surface area contributed by atoms with Crippen LogP contribution in [0.4, 0.5) is 0 Å². The number of halogens is 1. The Hall–Kier alpha value is -2.05. The fourth-order valence-corrected chi connectivity index (χ4v) is 2.90. The molecule has 2 aromatic rings. The van der Waals surface area contributed by atoms with Gasteiger partial charge in [-0.2, -0.15) is 0 Å². The minimum Gasteiger partial charge on any atom is -1.00 e. The Balaban J connectivity index is 0.00000176. The highest BCUT2D eigenvalue weighted by atomic mass is 35.5. The Morgan fingerprint density at radius 2 is 2.18 bits per heavy atom. The molecule has 1 aliphatic heterocycles. The van der Waals surface area contributed by atoms with E-state index < -0.39 is 11.5 Å². The molecular weight excluding hydrogens is 306 g/mol. The third kappa shape index (κ3) is 2.44. The van der Waals surface area contributed by atoms with Gasteiger partial charge in [0.25, 0.3) is 11.5 Å². The van der Waals surface area contributed by atoms with Crippen molar-refractivity contribution in [2.45, 2.75) is 19.4 Å². The van der Waals surface area contributed by atoms with Gasteiger partial charge in [0.2, 0.25) is 0 Å². The number of aromatic nitrogens is 1. The highest BCUT2D eigenvalue weighted by Crippen LogP contribution is 2.31. The molecule has 0 spiro atoms. The number of aryl methyl sites for hydroxylation is 2. The Morgan fingerprint density at radius 1 is 1.41 bits per heavy atom. The first kappa shape index (κ1) is 16.3. The first-order valence-electron chi connectivity index (χ1n) is 7.00. The van der Waals surface area contributed by atoms with Gasteiger partial charge in [0.1, 0.15) is 11.3 Å². The molecule has 0 fully saturated rings. The Kier molecular flexibility index (Phi) is 4.73. The van der Waals surface area contributed by atoms with Crippen LogP contribution in [0.1, 0.15) is 22.3 Å². The van der Waals surface area contributed by atoms with E-state index in [1.807, 2.05) is 12.1 Å². The second kappa shape index (κ2) is 6.37. The monoisotopic (exact) mass is 322 g/mol. The zero-order valence-electron chi connectivity index (χ0n) is 11.9. The van der Waals surface area contributed by atoms with Gasteiger partial charge in [-0.3, -0.25) is 9.59 Å². The van der Waals surface area contributed by atoms with E-state index in [1.165, 1.54) is 0 Å². The van der Waals surface area contributed by atoms with E-state index in [2.05, 4.69) is 5.32 Å². The van der Waals surface area contributed by atoms with Crippen LogP contribution in [-0.2, 0) is 13.0 Å². The van der Waals surface area contributed by atoms with Crippen molar-refractivity contribution >= 4 is 16.8 Å². The van der Waals surface area contributed by atoms with Crippen molar-refractivity contribution in [2.24, 2.45) is 5.73 Å². The largest absolute Gasteiger partial charge is 1.00 e. The van der Waals surface area contributed by atoms with E-state index in [9.17, 15) is 14.7 Å². The number of amides is 1. The van der Waals surface area contributed by atoms with Crippen LogP contribution >= 0.6 is 0 Å². The molecule has 4 N–H and O–H groups in total. The molecule has 0 atom stereocenters. The number of rotatable bonds is 3. The molecule has 7 heteroatoms. The summed E-state index contributed by atoms with van der Waals surface area (Å²) in [5, 5.41) is 13.5. The van der Waals surface area contributed by atoms with Crippen LogP contribution in [0.2, 0.25) is 0 Å². The van der Waals surface area contributed by atoms with Gasteiger partial charge in [-0.05, 0) is 24.5 Å². The molecule has 3 rings (SSSR count). The van der Waals surface area contributed by atoms with E-state index >= 15 is 0 Å². The van der Waals surface area contributed by atoms with Crippen LogP contribution in [0.25, 0.3) is 10.9 Å². The van der Waals surface area contributed by atoms with Crippen molar-refractivity contribution in [3.63, 3.8) is 0 Å². The Morgan fingerprint density at radius 3 is 2.91 bits per heavy atom.